The number of esters is 1. The fourth-order valence-electron chi connectivity index (χ4n) is 2.23. The van der Waals surface area contributed by atoms with Crippen LogP contribution in [0.5, 0.6) is 11.5 Å². The summed E-state index contributed by atoms with van der Waals surface area (Å²) in [5.41, 5.74) is 1.10. The Balaban J connectivity index is 1.95. The molecule has 142 valence electrons. The van der Waals surface area contributed by atoms with E-state index in [9.17, 15) is 14.4 Å². The molecule has 0 fully saturated rings. The van der Waals surface area contributed by atoms with Gasteiger partial charge in [0.2, 0.25) is 5.91 Å². The minimum absolute atomic E-state index is 0.219. The van der Waals surface area contributed by atoms with Crippen LogP contribution in [0.1, 0.15) is 17.3 Å². The Labute approximate surface area is 156 Å². The molecule has 0 bridgehead atoms. The third-order valence-electron chi connectivity index (χ3n) is 3.44. The van der Waals surface area contributed by atoms with Gasteiger partial charge in [-0.2, -0.15) is 0 Å². The van der Waals surface area contributed by atoms with Gasteiger partial charge >= 0.3 is 5.97 Å². The van der Waals surface area contributed by atoms with Crippen LogP contribution >= 0.6 is 0 Å². The molecule has 0 aliphatic rings. The molecule has 2 aromatic rings. The molecule has 0 saturated heterocycles. The first-order valence-electron chi connectivity index (χ1n) is 7.99. The number of carbonyl (C=O) groups excluding carboxylic acids is 3. The van der Waals surface area contributed by atoms with Gasteiger partial charge in [0.1, 0.15) is 11.5 Å². The average Bonchev–Trinajstić information content (AvgIpc) is 2.66. The standard InChI is InChI=1S/C19H20N2O6/c1-12(22)20-14-6-4-5-13(9-14)19(24)27-11-18(23)21-16-8-7-15(25-2)10-17(16)26-3/h4-10H,11H2,1-3H3,(H,20,22)(H,21,23). The van der Waals surface area contributed by atoms with Crippen molar-refractivity contribution in [1.82, 2.24) is 0 Å². The molecule has 0 radical (unpaired) electrons. The van der Waals surface area contributed by atoms with Gasteiger partial charge < -0.3 is 24.8 Å². The Bertz CT molecular complexity index is 850. The van der Waals surface area contributed by atoms with Gasteiger partial charge in [0, 0.05) is 18.7 Å². The van der Waals surface area contributed by atoms with E-state index in [-0.39, 0.29) is 11.5 Å². The number of carbonyl (C=O) groups is 3. The van der Waals surface area contributed by atoms with Crippen LogP contribution in [-0.4, -0.2) is 38.6 Å². The average molecular weight is 372 g/mol. The number of ether oxygens (including phenoxy) is 3. The van der Waals surface area contributed by atoms with Gasteiger partial charge in [-0.3, -0.25) is 9.59 Å². The van der Waals surface area contributed by atoms with E-state index in [1.54, 1.807) is 30.3 Å². The van der Waals surface area contributed by atoms with Gasteiger partial charge in [-0.1, -0.05) is 6.07 Å². The Hall–Kier alpha value is -3.55. The molecule has 0 aromatic heterocycles. The summed E-state index contributed by atoms with van der Waals surface area (Å²) in [6, 6.07) is 11.1. The van der Waals surface area contributed by atoms with Crippen molar-refractivity contribution < 1.29 is 28.6 Å². The molecule has 27 heavy (non-hydrogen) atoms. The summed E-state index contributed by atoms with van der Waals surface area (Å²) in [5.74, 6) is -0.468. The highest BCUT2D eigenvalue weighted by molar-refractivity contribution is 5.97. The normalized spacial score (nSPS) is 9.89. The van der Waals surface area contributed by atoms with E-state index in [1.807, 2.05) is 0 Å². The van der Waals surface area contributed by atoms with E-state index in [4.69, 9.17) is 14.2 Å². The van der Waals surface area contributed by atoms with Crippen LogP contribution in [0, 0.1) is 0 Å². The number of methoxy groups -OCH3 is 2. The lowest BCUT2D eigenvalue weighted by molar-refractivity contribution is -0.119. The fraction of sp³-hybridized carbons (Fsp3) is 0.211. The van der Waals surface area contributed by atoms with Gasteiger partial charge in [-0.05, 0) is 30.3 Å². The molecule has 0 saturated carbocycles. The zero-order valence-electron chi connectivity index (χ0n) is 15.2. The first kappa shape index (κ1) is 19.8. The topological polar surface area (TPSA) is 103 Å². The second kappa shape index (κ2) is 9.23. The molecule has 2 amide bonds. The Morgan fingerprint density at radius 1 is 0.963 bits per heavy atom. The molecule has 0 spiro atoms. The van der Waals surface area contributed by atoms with Crippen molar-refractivity contribution in [2.45, 2.75) is 6.92 Å². The van der Waals surface area contributed by atoms with Crippen LogP contribution in [0.4, 0.5) is 11.4 Å². The Morgan fingerprint density at radius 2 is 1.74 bits per heavy atom. The number of rotatable bonds is 7. The minimum atomic E-state index is -0.681. The highest BCUT2D eigenvalue weighted by Crippen LogP contribution is 2.28. The third-order valence-corrected chi connectivity index (χ3v) is 3.44. The van der Waals surface area contributed by atoms with Gasteiger partial charge in [0.15, 0.2) is 6.61 Å². The van der Waals surface area contributed by atoms with Gasteiger partial charge in [0.05, 0.1) is 25.5 Å². The maximum atomic E-state index is 12.1. The van der Waals surface area contributed by atoms with E-state index in [2.05, 4.69) is 10.6 Å². The minimum Gasteiger partial charge on any atom is -0.497 e. The number of anilines is 2. The first-order valence-corrected chi connectivity index (χ1v) is 7.99. The molecule has 0 unspecified atom stereocenters. The zero-order chi connectivity index (χ0) is 19.8. The summed E-state index contributed by atoms with van der Waals surface area (Å²) < 4.78 is 15.3. The fourth-order valence-corrected chi connectivity index (χ4v) is 2.23. The molecule has 2 N–H and O–H groups in total. The number of benzene rings is 2. The summed E-state index contributed by atoms with van der Waals surface area (Å²) in [5, 5.41) is 5.17. The lowest BCUT2D eigenvalue weighted by Crippen LogP contribution is -2.21. The zero-order valence-corrected chi connectivity index (χ0v) is 15.2. The van der Waals surface area contributed by atoms with Crippen LogP contribution in [0.2, 0.25) is 0 Å². The van der Waals surface area contributed by atoms with Crippen LogP contribution in [-0.2, 0) is 14.3 Å². The van der Waals surface area contributed by atoms with Crippen molar-refractivity contribution in [3.05, 3.63) is 48.0 Å². The van der Waals surface area contributed by atoms with Crippen molar-refractivity contribution in [2.24, 2.45) is 0 Å². The molecule has 8 heteroatoms. The van der Waals surface area contributed by atoms with Crippen molar-refractivity contribution in [3.8, 4) is 11.5 Å². The predicted molar refractivity (Wildman–Crippen MR) is 99.2 cm³/mol. The highest BCUT2D eigenvalue weighted by Gasteiger charge is 2.13. The maximum absolute atomic E-state index is 12.1. The van der Waals surface area contributed by atoms with Gasteiger partial charge in [0.25, 0.3) is 5.91 Å². The summed E-state index contributed by atoms with van der Waals surface area (Å²) in [6.45, 7) is 0.890. The van der Waals surface area contributed by atoms with Crippen molar-refractivity contribution in [2.75, 3.05) is 31.5 Å². The van der Waals surface area contributed by atoms with E-state index >= 15 is 0 Å². The monoisotopic (exact) mass is 372 g/mol. The summed E-state index contributed by atoms with van der Waals surface area (Å²) in [4.78, 5) is 35.2. The van der Waals surface area contributed by atoms with Crippen LogP contribution in [0.15, 0.2) is 42.5 Å². The number of nitrogens with one attached hydrogen (secondary N) is 2. The van der Waals surface area contributed by atoms with E-state index in [0.717, 1.165) is 0 Å². The predicted octanol–water partition coefficient (Wildman–Crippen LogP) is 2.46. The van der Waals surface area contributed by atoms with Crippen molar-refractivity contribution in [3.63, 3.8) is 0 Å². The number of hydrogen-bond donors (Lipinski definition) is 2. The van der Waals surface area contributed by atoms with Gasteiger partial charge in [-0.25, -0.2) is 4.79 Å². The van der Waals surface area contributed by atoms with E-state index in [0.29, 0.717) is 22.9 Å². The summed E-state index contributed by atoms with van der Waals surface area (Å²) >= 11 is 0. The molecular weight excluding hydrogens is 352 g/mol. The second-order valence-electron chi connectivity index (χ2n) is 5.45. The summed E-state index contributed by atoms with van der Waals surface area (Å²) in [6.07, 6.45) is 0. The molecule has 0 aliphatic carbocycles. The Morgan fingerprint density at radius 3 is 2.41 bits per heavy atom. The molecular formula is C19H20N2O6. The SMILES string of the molecule is COc1ccc(NC(=O)COC(=O)c2cccc(NC(C)=O)c2)c(OC)c1. The van der Waals surface area contributed by atoms with Crippen molar-refractivity contribution in [1.29, 1.82) is 0 Å². The molecule has 2 aromatic carbocycles. The lowest BCUT2D eigenvalue weighted by Gasteiger charge is -2.12. The lowest BCUT2D eigenvalue weighted by atomic mass is 10.2. The van der Waals surface area contributed by atoms with Crippen molar-refractivity contribution >= 4 is 29.2 Å². The van der Waals surface area contributed by atoms with Crippen LogP contribution in [0.3, 0.4) is 0 Å². The maximum Gasteiger partial charge on any atom is 0.338 e. The molecule has 2 rings (SSSR count). The summed E-state index contributed by atoms with van der Waals surface area (Å²) in [7, 11) is 2.99. The largest absolute Gasteiger partial charge is 0.497 e. The molecule has 8 nitrogen and oxygen atoms in total. The van der Waals surface area contributed by atoms with Crippen LogP contribution in [0.25, 0.3) is 0 Å². The van der Waals surface area contributed by atoms with E-state index < -0.39 is 18.5 Å². The highest BCUT2D eigenvalue weighted by atomic mass is 16.5. The number of amides is 2. The quantitative estimate of drug-likeness (QED) is 0.724. The number of hydrogen-bond acceptors (Lipinski definition) is 6. The third kappa shape index (κ3) is 5.74. The Kier molecular flexibility index (Phi) is 6.76. The van der Waals surface area contributed by atoms with Crippen LogP contribution < -0.4 is 20.1 Å². The molecule has 0 atom stereocenters. The molecule has 0 aliphatic heterocycles. The molecule has 0 heterocycles. The van der Waals surface area contributed by atoms with E-state index in [1.165, 1.54) is 33.3 Å². The smallest absolute Gasteiger partial charge is 0.338 e. The second-order valence-corrected chi connectivity index (χ2v) is 5.45. The van der Waals surface area contributed by atoms with Gasteiger partial charge in [-0.15, -0.1) is 0 Å². The first-order chi connectivity index (χ1) is 12.9.